The minimum atomic E-state index is -0.284. The van der Waals surface area contributed by atoms with Crippen molar-refractivity contribution < 1.29 is 9.50 Å². The highest BCUT2D eigenvalue weighted by Crippen LogP contribution is 2.32. The van der Waals surface area contributed by atoms with Gasteiger partial charge in [0.2, 0.25) is 0 Å². The van der Waals surface area contributed by atoms with E-state index >= 15 is 0 Å². The number of halogens is 1. The molecule has 0 radical (unpaired) electrons. The molecule has 1 aliphatic carbocycles. The van der Waals surface area contributed by atoms with Gasteiger partial charge in [-0.25, -0.2) is 9.37 Å². The third-order valence-corrected chi connectivity index (χ3v) is 4.30. The van der Waals surface area contributed by atoms with Crippen molar-refractivity contribution in [1.82, 2.24) is 4.98 Å². The molecule has 1 aliphatic rings. The molecule has 1 heterocycles. The summed E-state index contributed by atoms with van der Waals surface area (Å²) in [5, 5.41) is 16.9. The number of fused-ring (bicyclic) bond motifs is 1. The monoisotopic (exact) mass is 337 g/mol. The van der Waals surface area contributed by atoms with Crippen LogP contribution in [-0.4, -0.2) is 29.3 Å². The summed E-state index contributed by atoms with van der Waals surface area (Å²) in [6, 6.07) is 15.0. The summed E-state index contributed by atoms with van der Waals surface area (Å²) in [5.74, 6) is -0.284. The van der Waals surface area contributed by atoms with Gasteiger partial charge < -0.3 is 15.7 Å². The lowest BCUT2D eigenvalue weighted by Gasteiger charge is -2.13. The molecule has 1 fully saturated rings. The molecule has 0 aliphatic heterocycles. The van der Waals surface area contributed by atoms with Gasteiger partial charge >= 0.3 is 0 Å². The molecule has 0 unspecified atom stereocenters. The third-order valence-electron chi connectivity index (χ3n) is 4.30. The Balaban J connectivity index is 1.79. The van der Waals surface area contributed by atoms with Crippen LogP contribution in [0.15, 0.2) is 48.5 Å². The first-order valence-corrected chi connectivity index (χ1v) is 8.55. The lowest BCUT2D eigenvalue weighted by molar-refractivity contribution is 0.311. The lowest BCUT2D eigenvalue weighted by atomic mass is 10.1. The first kappa shape index (κ1) is 15.8. The van der Waals surface area contributed by atoms with Crippen LogP contribution in [-0.2, 0) is 0 Å². The van der Waals surface area contributed by atoms with Crippen molar-refractivity contribution in [2.45, 2.75) is 18.9 Å². The van der Waals surface area contributed by atoms with E-state index in [2.05, 4.69) is 16.7 Å². The maximum atomic E-state index is 13.6. The summed E-state index contributed by atoms with van der Waals surface area (Å²) >= 11 is 0. The molecule has 1 saturated carbocycles. The highest BCUT2D eigenvalue weighted by atomic mass is 19.1. The number of hydrogen-bond donors (Lipinski definition) is 3. The van der Waals surface area contributed by atoms with E-state index in [0.29, 0.717) is 18.3 Å². The molecule has 4 nitrogen and oxygen atoms in total. The van der Waals surface area contributed by atoms with Crippen LogP contribution in [0.1, 0.15) is 12.8 Å². The fourth-order valence-corrected chi connectivity index (χ4v) is 2.91. The van der Waals surface area contributed by atoms with Gasteiger partial charge in [-0.05, 0) is 49.2 Å². The Bertz CT molecular complexity index is 909. The van der Waals surface area contributed by atoms with Crippen molar-refractivity contribution in [3.05, 3.63) is 54.3 Å². The molecule has 3 N–H and O–H groups in total. The predicted molar refractivity (Wildman–Crippen MR) is 99.4 cm³/mol. The highest BCUT2D eigenvalue weighted by Gasteiger charge is 2.21. The smallest absolute Gasteiger partial charge is 0.123 e. The average Bonchev–Trinajstić information content (AvgIpc) is 3.43. The van der Waals surface area contributed by atoms with E-state index < -0.39 is 0 Å². The van der Waals surface area contributed by atoms with Gasteiger partial charge in [0.05, 0.1) is 17.8 Å². The summed E-state index contributed by atoms with van der Waals surface area (Å²) in [6.45, 7) is 0.487. The molecule has 0 amide bonds. The van der Waals surface area contributed by atoms with Gasteiger partial charge in [0, 0.05) is 34.9 Å². The van der Waals surface area contributed by atoms with E-state index in [1.807, 2.05) is 24.3 Å². The fraction of sp³-hybridized carbons (Fsp3) is 0.250. The molecule has 0 saturated heterocycles. The van der Waals surface area contributed by atoms with Crippen LogP contribution in [0, 0.1) is 5.82 Å². The van der Waals surface area contributed by atoms with Crippen LogP contribution < -0.4 is 10.6 Å². The zero-order valence-corrected chi connectivity index (χ0v) is 13.8. The van der Waals surface area contributed by atoms with Crippen LogP contribution in [0.25, 0.3) is 22.2 Å². The number of aliphatic hydroxyl groups excluding tert-OH is 1. The topological polar surface area (TPSA) is 57.2 Å². The molecule has 5 heteroatoms. The largest absolute Gasteiger partial charge is 0.395 e. The summed E-state index contributed by atoms with van der Waals surface area (Å²) in [6.07, 6.45) is 2.43. The molecule has 25 heavy (non-hydrogen) atoms. The van der Waals surface area contributed by atoms with Gasteiger partial charge in [-0.2, -0.15) is 0 Å². The molecular weight excluding hydrogens is 317 g/mol. The van der Waals surface area contributed by atoms with Crippen LogP contribution >= 0.6 is 0 Å². The Labute approximate surface area is 145 Å². The molecule has 1 aromatic heterocycles. The van der Waals surface area contributed by atoms with Crippen molar-refractivity contribution in [1.29, 1.82) is 0 Å². The van der Waals surface area contributed by atoms with E-state index in [1.165, 1.54) is 25.0 Å². The minimum Gasteiger partial charge on any atom is -0.395 e. The van der Waals surface area contributed by atoms with Crippen LogP contribution in [0.5, 0.6) is 0 Å². The number of benzene rings is 2. The Morgan fingerprint density at radius 3 is 2.76 bits per heavy atom. The van der Waals surface area contributed by atoms with Crippen molar-refractivity contribution in [3.63, 3.8) is 0 Å². The van der Waals surface area contributed by atoms with E-state index in [-0.39, 0.29) is 12.4 Å². The average molecular weight is 337 g/mol. The number of nitrogens with zero attached hydrogens (tertiary/aromatic N) is 1. The maximum absolute atomic E-state index is 13.6. The predicted octanol–water partition coefficient (Wildman–Crippen LogP) is 4.02. The van der Waals surface area contributed by atoms with E-state index in [0.717, 1.165) is 27.8 Å². The Hall–Kier alpha value is -2.66. The highest BCUT2D eigenvalue weighted by molar-refractivity contribution is 5.95. The first-order valence-electron chi connectivity index (χ1n) is 8.55. The molecule has 2 aromatic carbocycles. The van der Waals surface area contributed by atoms with Crippen molar-refractivity contribution in [3.8, 4) is 11.3 Å². The molecule has 0 atom stereocenters. The van der Waals surface area contributed by atoms with Gasteiger partial charge in [0.25, 0.3) is 0 Å². The van der Waals surface area contributed by atoms with Gasteiger partial charge in [-0.15, -0.1) is 0 Å². The van der Waals surface area contributed by atoms with Crippen LogP contribution in [0.2, 0.25) is 0 Å². The lowest BCUT2D eigenvalue weighted by Crippen LogP contribution is -2.07. The van der Waals surface area contributed by atoms with E-state index in [4.69, 9.17) is 10.1 Å². The number of anilines is 2. The zero-order valence-electron chi connectivity index (χ0n) is 13.8. The van der Waals surface area contributed by atoms with Gasteiger partial charge in [-0.3, -0.25) is 0 Å². The molecule has 0 spiro atoms. The summed E-state index contributed by atoms with van der Waals surface area (Å²) < 4.78 is 13.6. The minimum absolute atomic E-state index is 0.0408. The Kier molecular flexibility index (Phi) is 4.24. The standard InChI is InChI=1S/C20H20FN3O/c21-14-3-1-2-13(10-14)19-12-20(22-8-9-25)17-11-16(23-15-4-5-15)6-7-18(17)24-19/h1-3,6-7,10-12,15,23,25H,4-5,8-9H2,(H,22,24). The second-order valence-electron chi connectivity index (χ2n) is 6.37. The summed E-state index contributed by atoms with van der Waals surface area (Å²) in [4.78, 5) is 4.69. The second kappa shape index (κ2) is 6.69. The van der Waals surface area contributed by atoms with E-state index in [9.17, 15) is 4.39 Å². The molecular formula is C20H20FN3O. The first-order chi connectivity index (χ1) is 12.2. The van der Waals surface area contributed by atoms with Crippen LogP contribution in [0.3, 0.4) is 0 Å². The van der Waals surface area contributed by atoms with Crippen molar-refractivity contribution in [2.75, 3.05) is 23.8 Å². The number of nitrogens with one attached hydrogen (secondary N) is 2. The van der Waals surface area contributed by atoms with Gasteiger partial charge in [0.15, 0.2) is 0 Å². The van der Waals surface area contributed by atoms with Gasteiger partial charge in [0.1, 0.15) is 5.82 Å². The Morgan fingerprint density at radius 1 is 1.12 bits per heavy atom. The number of aromatic nitrogens is 1. The fourth-order valence-electron chi connectivity index (χ4n) is 2.91. The number of rotatable bonds is 6. The second-order valence-corrected chi connectivity index (χ2v) is 6.37. The van der Waals surface area contributed by atoms with Gasteiger partial charge in [-0.1, -0.05) is 12.1 Å². The third kappa shape index (κ3) is 3.56. The molecule has 128 valence electrons. The van der Waals surface area contributed by atoms with Crippen LogP contribution in [0.4, 0.5) is 15.8 Å². The normalized spacial score (nSPS) is 13.8. The van der Waals surface area contributed by atoms with Crippen molar-refractivity contribution >= 4 is 22.3 Å². The summed E-state index contributed by atoms with van der Waals surface area (Å²) in [5.41, 5.74) is 4.23. The van der Waals surface area contributed by atoms with E-state index in [1.54, 1.807) is 6.07 Å². The SMILES string of the molecule is OCCNc1cc(-c2cccc(F)c2)nc2ccc(NC3CC3)cc12. The number of hydrogen-bond acceptors (Lipinski definition) is 4. The summed E-state index contributed by atoms with van der Waals surface area (Å²) in [7, 11) is 0. The number of pyridine rings is 1. The van der Waals surface area contributed by atoms with Crippen molar-refractivity contribution in [2.24, 2.45) is 0 Å². The maximum Gasteiger partial charge on any atom is 0.123 e. The molecule has 0 bridgehead atoms. The zero-order chi connectivity index (χ0) is 17.2. The number of aliphatic hydroxyl groups is 1. The molecule has 4 rings (SSSR count). The quantitative estimate of drug-likeness (QED) is 0.636. The Morgan fingerprint density at radius 2 is 2.00 bits per heavy atom. The molecule has 3 aromatic rings.